The van der Waals surface area contributed by atoms with E-state index in [-0.39, 0.29) is 0 Å². The summed E-state index contributed by atoms with van der Waals surface area (Å²) in [6, 6.07) is 2.70. The summed E-state index contributed by atoms with van der Waals surface area (Å²) in [6.07, 6.45) is 7.34. The maximum absolute atomic E-state index is 5.87. The molecule has 4 nitrogen and oxygen atoms in total. The number of nitrogens with zero attached hydrogens (tertiary/aromatic N) is 2. The monoisotopic (exact) mass is 249 g/mol. The topological polar surface area (TPSA) is 37.4 Å². The van der Waals surface area contributed by atoms with Crippen molar-refractivity contribution >= 4 is 0 Å². The Labute approximate surface area is 109 Å². The maximum Gasteiger partial charge on any atom is 0.142 e. The van der Waals surface area contributed by atoms with Crippen molar-refractivity contribution in [3.63, 3.8) is 0 Å². The van der Waals surface area contributed by atoms with Crippen LogP contribution >= 0.6 is 0 Å². The van der Waals surface area contributed by atoms with E-state index in [1.807, 2.05) is 25.5 Å². The summed E-state index contributed by atoms with van der Waals surface area (Å²) < 4.78 is 5.87. The van der Waals surface area contributed by atoms with Crippen molar-refractivity contribution in [2.75, 3.05) is 27.2 Å². The third-order valence-electron chi connectivity index (χ3n) is 3.62. The fourth-order valence-corrected chi connectivity index (χ4v) is 2.52. The number of rotatable bonds is 6. The largest absolute Gasteiger partial charge is 0.492 e. The zero-order chi connectivity index (χ0) is 12.8. The van der Waals surface area contributed by atoms with Crippen LogP contribution in [0.2, 0.25) is 0 Å². The first-order valence-electron chi connectivity index (χ1n) is 6.72. The van der Waals surface area contributed by atoms with Gasteiger partial charge in [0.15, 0.2) is 0 Å². The first-order valence-corrected chi connectivity index (χ1v) is 6.72. The molecule has 2 rings (SSSR count). The van der Waals surface area contributed by atoms with Crippen LogP contribution in [0.25, 0.3) is 0 Å². The number of pyridine rings is 1. The van der Waals surface area contributed by atoms with Gasteiger partial charge in [-0.05, 0) is 46.0 Å². The number of likely N-dealkylation sites (tertiary alicyclic amines) is 1. The van der Waals surface area contributed by atoms with E-state index >= 15 is 0 Å². The summed E-state index contributed by atoms with van der Waals surface area (Å²) in [5.41, 5.74) is 1.17. The second-order valence-electron chi connectivity index (χ2n) is 4.93. The Bertz CT molecular complexity index is 370. The summed E-state index contributed by atoms with van der Waals surface area (Å²) in [4.78, 5) is 6.56. The Balaban J connectivity index is 1.82. The molecular weight excluding hydrogens is 226 g/mol. The lowest BCUT2D eigenvalue weighted by atomic mass is 10.1. The lowest BCUT2D eigenvalue weighted by Crippen LogP contribution is -2.26. The molecule has 100 valence electrons. The van der Waals surface area contributed by atoms with Crippen molar-refractivity contribution in [1.29, 1.82) is 0 Å². The number of aromatic nitrogens is 1. The summed E-state index contributed by atoms with van der Waals surface area (Å²) in [7, 11) is 4.14. The Morgan fingerprint density at radius 3 is 3.17 bits per heavy atom. The molecule has 1 aliphatic heterocycles. The van der Waals surface area contributed by atoms with Gasteiger partial charge in [-0.1, -0.05) is 0 Å². The van der Waals surface area contributed by atoms with Crippen LogP contribution in [0.3, 0.4) is 0 Å². The molecule has 0 saturated carbocycles. The molecule has 0 spiro atoms. The number of nitrogens with one attached hydrogen (secondary N) is 1. The molecule has 1 N–H and O–H groups in total. The number of ether oxygens (including phenoxy) is 1. The van der Waals surface area contributed by atoms with E-state index in [1.165, 1.54) is 24.9 Å². The normalized spacial score (nSPS) is 20.2. The fraction of sp³-hybridized carbons (Fsp3) is 0.643. The Kier molecular flexibility index (Phi) is 4.96. The molecule has 1 atom stereocenters. The van der Waals surface area contributed by atoms with Crippen LogP contribution in [0.4, 0.5) is 0 Å². The van der Waals surface area contributed by atoms with E-state index in [0.717, 1.165) is 25.3 Å². The predicted molar refractivity (Wildman–Crippen MR) is 72.8 cm³/mol. The number of hydrogen-bond acceptors (Lipinski definition) is 4. The molecule has 1 fully saturated rings. The second kappa shape index (κ2) is 6.71. The minimum atomic E-state index is 0.689. The second-order valence-corrected chi connectivity index (χ2v) is 4.93. The van der Waals surface area contributed by atoms with Gasteiger partial charge in [-0.15, -0.1) is 0 Å². The van der Waals surface area contributed by atoms with Crippen LogP contribution in [-0.4, -0.2) is 43.2 Å². The quantitative estimate of drug-likeness (QED) is 0.832. The van der Waals surface area contributed by atoms with Crippen LogP contribution in [0, 0.1) is 0 Å². The SMILES string of the molecule is CNCc1ccncc1OCCC1CCCN1C. The highest BCUT2D eigenvalue weighted by Crippen LogP contribution is 2.20. The Morgan fingerprint density at radius 1 is 1.56 bits per heavy atom. The lowest BCUT2D eigenvalue weighted by Gasteiger charge is -2.19. The van der Waals surface area contributed by atoms with Gasteiger partial charge in [-0.2, -0.15) is 0 Å². The van der Waals surface area contributed by atoms with Crippen LogP contribution < -0.4 is 10.1 Å². The van der Waals surface area contributed by atoms with Crippen molar-refractivity contribution in [2.24, 2.45) is 0 Å². The average Bonchev–Trinajstić information content (AvgIpc) is 2.78. The third kappa shape index (κ3) is 3.43. The summed E-state index contributed by atoms with van der Waals surface area (Å²) in [6.45, 7) is 2.82. The van der Waals surface area contributed by atoms with Gasteiger partial charge in [-0.3, -0.25) is 4.98 Å². The van der Waals surface area contributed by atoms with Crippen LogP contribution in [-0.2, 0) is 6.54 Å². The van der Waals surface area contributed by atoms with Gasteiger partial charge in [0.25, 0.3) is 0 Å². The highest BCUT2D eigenvalue weighted by atomic mass is 16.5. The van der Waals surface area contributed by atoms with Crippen molar-refractivity contribution < 1.29 is 4.74 Å². The lowest BCUT2D eigenvalue weighted by molar-refractivity contribution is 0.231. The molecule has 1 aromatic heterocycles. The molecular formula is C14H23N3O. The first kappa shape index (κ1) is 13.3. The summed E-state index contributed by atoms with van der Waals surface area (Å²) in [5.74, 6) is 0.910. The van der Waals surface area contributed by atoms with E-state index < -0.39 is 0 Å². The van der Waals surface area contributed by atoms with Crippen LogP contribution in [0.1, 0.15) is 24.8 Å². The van der Waals surface area contributed by atoms with Gasteiger partial charge in [0, 0.05) is 24.3 Å². The molecule has 2 heterocycles. The molecule has 1 aliphatic rings. The van der Waals surface area contributed by atoms with Crippen LogP contribution in [0.15, 0.2) is 18.5 Å². The van der Waals surface area contributed by atoms with Gasteiger partial charge < -0.3 is 15.0 Å². The smallest absolute Gasteiger partial charge is 0.142 e. The molecule has 0 amide bonds. The van der Waals surface area contributed by atoms with Gasteiger partial charge in [0.1, 0.15) is 5.75 Å². The van der Waals surface area contributed by atoms with Gasteiger partial charge >= 0.3 is 0 Å². The van der Waals surface area contributed by atoms with Crippen molar-refractivity contribution in [1.82, 2.24) is 15.2 Å². The fourth-order valence-electron chi connectivity index (χ4n) is 2.52. The molecule has 0 aliphatic carbocycles. The highest BCUT2D eigenvalue weighted by Gasteiger charge is 2.20. The van der Waals surface area contributed by atoms with Crippen molar-refractivity contribution in [2.45, 2.75) is 31.8 Å². The summed E-state index contributed by atoms with van der Waals surface area (Å²) in [5, 5.41) is 3.15. The highest BCUT2D eigenvalue weighted by molar-refractivity contribution is 5.29. The van der Waals surface area contributed by atoms with E-state index in [4.69, 9.17) is 4.74 Å². The molecule has 1 aromatic rings. The van der Waals surface area contributed by atoms with Crippen molar-refractivity contribution in [3.05, 3.63) is 24.0 Å². The minimum Gasteiger partial charge on any atom is -0.492 e. The van der Waals surface area contributed by atoms with Gasteiger partial charge in [0.05, 0.1) is 12.8 Å². The van der Waals surface area contributed by atoms with E-state index in [1.54, 1.807) is 0 Å². The maximum atomic E-state index is 5.87. The Morgan fingerprint density at radius 2 is 2.44 bits per heavy atom. The Hall–Kier alpha value is -1.13. The molecule has 1 saturated heterocycles. The zero-order valence-electron chi connectivity index (χ0n) is 11.4. The van der Waals surface area contributed by atoms with Crippen molar-refractivity contribution in [3.8, 4) is 5.75 Å². The molecule has 0 bridgehead atoms. The minimum absolute atomic E-state index is 0.689. The van der Waals surface area contributed by atoms with Crippen LogP contribution in [0.5, 0.6) is 5.75 Å². The molecule has 0 radical (unpaired) electrons. The van der Waals surface area contributed by atoms with Gasteiger partial charge in [-0.25, -0.2) is 0 Å². The standard InChI is InChI=1S/C14H23N3O/c1-15-10-12-5-7-16-11-14(12)18-9-6-13-4-3-8-17(13)2/h5,7,11,13,15H,3-4,6,8-10H2,1-2H3. The summed E-state index contributed by atoms with van der Waals surface area (Å²) >= 11 is 0. The number of hydrogen-bond donors (Lipinski definition) is 1. The molecule has 1 unspecified atom stereocenters. The zero-order valence-corrected chi connectivity index (χ0v) is 11.4. The van der Waals surface area contributed by atoms with Gasteiger partial charge in [0.2, 0.25) is 0 Å². The molecule has 4 heteroatoms. The van der Waals surface area contributed by atoms with E-state index in [9.17, 15) is 0 Å². The molecule has 18 heavy (non-hydrogen) atoms. The van der Waals surface area contributed by atoms with E-state index in [0.29, 0.717) is 6.04 Å². The average molecular weight is 249 g/mol. The molecule has 0 aromatic carbocycles. The third-order valence-corrected chi connectivity index (χ3v) is 3.62. The predicted octanol–water partition coefficient (Wildman–Crippen LogP) is 1.66. The van der Waals surface area contributed by atoms with E-state index in [2.05, 4.69) is 22.2 Å². The first-order chi connectivity index (χ1) is 8.81.